The first-order valence-corrected chi connectivity index (χ1v) is 16.7. The summed E-state index contributed by atoms with van der Waals surface area (Å²) in [6, 6.07) is 28.6. The maximum Gasteiger partial charge on any atom is 0.407 e. The molecule has 10 heteroatoms. The molecule has 3 aromatic carbocycles. The minimum absolute atomic E-state index is 0.0546. The summed E-state index contributed by atoms with van der Waals surface area (Å²) in [5.41, 5.74) is 4.83. The largest absolute Gasteiger partial charge is 0.493 e. The van der Waals surface area contributed by atoms with Gasteiger partial charge in [0.15, 0.2) is 0 Å². The SMILES string of the molecule is Cc1cc(C(=O)N2CCN(C(=O)O)C[C@H]2Cc2ccccc2)c(-c2ccccc2)n1-c1cccc(OCCCS(C)(=O)=O)c1. The van der Waals surface area contributed by atoms with Crippen LogP contribution in [0.5, 0.6) is 5.75 Å². The van der Waals surface area contributed by atoms with E-state index in [-0.39, 0.29) is 43.9 Å². The second kappa shape index (κ2) is 13.4. The maximum atomic E-state index is 14.5. The van der Waals surface area contributed by atoms with Crippen molar-refractivity contribution in [3.8, 4) is 22.7 Å². The molecule has 1 atom stereocenters. The third-order valence-corrected chi connectivity index (χ3v) is 8.82. The number of rotatable bonds is 10. The van der Waals surface area contributed by atoms with Gasteiger partial charge in [-0.25, -0.2) is 13.2 Å². The summed E-state index contributed by atoms with van der Waals surface area (Å²) in [5, 5.41) is 9.73. The molecule has 44 heavy (non-hydrogen) atoms. The van der Waals surface area contributed by atoms with Gasteiger partial charge in [0.25, 0.3) is 5.91 Å². The van der Waals surface area contributed by atoms with Crippen LogP contribution in [0.1, 0.15) is 28.0 Å². The van der Waals surface area contributed by atoms with Gasteiger partial charge >= 0.3 is 6.09 Å². The van der Waals surface area contributed by atoms with Crippen molar-refractivity contribution in [3.63, 3.8) is 0 Å². The number of hydrogen-bond donors (Lipinski definition) is 1. The Labute approximate surface area is 258 Å². The Bertz CT molecular complexity index is 1720. The van der Waals surface area contributed by atoms with Crippen LogP contribution < -0.4 is 4.74 Å². The number of aryl methyl sites for hydroxylation is 1. The molecule has 0 spiro atoms. The predicted octanol–water partition coefficient (Wildman–Crippen LogP) is 5.31. The van der Waals surface area contributed by atoms with E-state index in [9.17, 15) is 23.1 Å². The highest BCUT2D eigenvalue weighted by Crippen LogP contribution is 2.34. The molecule has 0 aliphatic carbocycles. The smallest absolute Gasteiger partial charge is 0.407 e. The minimum Gasteiger partial charge on any atom is -0.493 e. The van der Waals surface area contributed by atoms with Crippen LogP contribution in [0.25, 0.3) is 16.9 Å². The molecule has 230 valence electrons. The van der Waals surface area contributed by atoms with Crippen molar-refractivity contribution < 1.29 is 27.9 Å². The number of ether oxygens (including phenoxy) is 1. The number of benzene rings is 3. The monoisotopic (exact) mass is 615 g/mol. The van der Waals surface area contributed by atoms with Gasteiger partial charge in [0, 0.05) is 43.3 Å². The molecule has 0 unspecified atom stereocenters. The third kappa shape index (κ3) is 7.31. The first-order chi connectivity index (χ1) is 21.1. The summed E-state index contributed by atoms with van der Waals surface area (Å²) in [4.78, 5) is 29.5. The molecule has 1 N–H and O–H groups in total. The van der Waals surface area contributed by atoms with Gasteiger partial charge < -0.3 is 24.2 Å². The van der Waals surface area contributed by atoms with E-state index in [0.717, 1.165) is 28.2 Å². The van der Waals surface area contributed by atoms with Gasteiger partial charge in [-0.1, -0.05) is 66.7 Å². The fourth-order valence-electron chi connectivity index (χ4n) is 5.75. The lowest BCUT2D eigenvalue weighted by molar-refractivity contribution is 0.0451. The van der Waals surface area contributed by atoms with Crippen LogP contribution in [0, 0.1) is 6.92 Å². The molecule has 9 nitrogen and oxygen atoms in total. The molecule has 0 bridgehead atoms. The maximum absolute atomic E-state index is 14.5. The van der Waals surface area contributed by atoms with Crippen LogP contribution >= 0.6 is 0 Å². The van der Waals surface area contributed by atoms with Gasteiger partial charge in [-0.05, 0) is 49.1 Å². The lowest BCUT2D eigenvalue weighted by Gasteiger charge is -2.40. The van der Waals surface area contributed by atoms with Gasteiger partial charge in [0.2, 0.25) is 0 Å². The Hall–Kier alpha value is -4.57. The normalized spacial score (nSPS) is 15.3. The van der Waals surface area contributed by atoms with Crippen LogP contribution in [0.3, 0.4) is 0 Å². The molecule has 4 aromatic rings. The van der Waals surface area contributed by atoms with E-state index in [1.54, 1.807) is 0 Å². The van der Waals surface area contributed by atoms with E-state index in [0.29, 0.717) is 24.2 Å². The quantitative estimate of drug-likeness (QED) is 0.242. The summed E-state index contributed by atoms with van der Waals surface area (Å²) >= 11 is 0. The Morgan fingerprint density at radius 2 is 1.64 bits per heavy atom. The van der Waals surface area contributed by atoms with Gasteiger partial charge in [-0.3, -0.25) is 4.79 Å². The van der Waals surface area contributed by atoms with Crippen LogP contribution in [0.4, 0.5) is 4.79 Å². The highest BCUT2D eigenvalue weighted by Gasteiger charge is 2.35. The zero-order valence-electron chi connectivity index (χ0n) is 24.9. The van der Waals surface area contributed by atoms with E-state index in [1.807, 2.05) is 107 Å². The van der Waals surface area contributed by atoms with E-state index in [2.05, 4.69) is 0 Å². The number of carboxylic acid groups (broad SMARTS) is 1. The molecule has 1 saturated heterocycles. The van der Waals surface area contributed by atoms with Crippen molar-refractivity contribution in [1.82, 2.24) is 14.4 Å². The fourth-order valence-corrected chi connectivity index (χ4v) is 6.39. The number of sulfone groups is 1. The number of carbonyl (C=O) groups excluding carboxylic acids is 1. The average Bonchev–Trinajstić information content (AvgIpc) is 3.36. The molecule has 1 fully saturated rings. The molecule has 1 aliphatic heterocycles. The standard InChI is InChI=1S/C34H37N3O6S/c1-25-21-31(33(38)36-18-17-35(34(39)40)24-29(36)22-26-11-5-3-6-12-26)32(27-13-7-4-8-14-27)37(25)28-15-9-16-30(23-28)43-19-10-20-44(2,41)42/h3-9,11-16,21,23,29H,10,17-20,22,24H2,1-2H3,(H,39,40)/t29-/m1/s1. The molecule has 2 heterocycles. The van der Waals surface area contributed by atoms with Crippen molar-refractivity contribution in [2.75, 3.05) is 38.2 Å². The van der Waals surface area contributed by atoms with Gasteiger partial charge in [-0.15, -0.1) is 0 Å². The van der Waals surface area contributed by atoms with Crippen molar-refractivity contribution in [1.29, 1.82) is 0 Å². The molecule has 0 saturated carbocycles. The number of amides is 2. The zero-order valence-corrected chi connectivity index (χ0v) is 25.7. The number of hydrogen-bond acceptors (Lipinski definition) is 5. The number of carbonyl (C=O) groups is 2. The van der Waals surface area contributed by atoms with Crippen LogP contribution in [-0.2, 0) is 16.3 Å². The number of nitrogens with zero attached hydrogens (tertiary/aromatic N) is 3. The highest BCUT2D eigenvalue weighted by molar-refractivity contribution is 7.90. The predicted molar refractivity (Wildman–Crippen MR) is 170 cm³/mol. The van der Waals surface area contributed by atoms with Crippen molar-refractivity contribution >= 4 is 21.8 Å². The molecule has 0 radical (unpaired) electrons. The van der Waals surface area contributed by atoms with Gasteiger partial charge in [0.05, 0.1) is 29.7 Å². The summed E-state index contributed by atoms with van der Waals surface area (Å²) in [6.45, 7) is 2.98. The lowest BCUT2D eigenvalue weighted by Crippen LogP contribution is -2.57. The van der Waals surface area contributed by atoms with E-state index >= 15 is 0 Å². The Morgan fingerprint density at radius 3 is 2.32 bits per heavy atom. The van der Waals surface area contributed by atoms with E-state index in [4.69, 9.17) is 4.74 Å². The summed E-state index contributed by atoms with van der Waals surface area (Å²) in [5.74, 6) is 0.507. The lowest BCUT2D eigenvalue weighted by atomic mass is 10.00. The van der Waals surface area contributed by atoms with Crippen LogP contribution in [0.2, 0.25) is 0 Å². The Balaban J connectivity index is 1.51. The van der Waals surface area contributed by atoms with E-state index < -0.39 is 15.9 Å². The second-order valence-electron chi connectivity index (χ2n) is 11.1. The number of aromatic nitrogens is 1. The highest BCUT2D eigenvalue weighted by atomic mass is 32.2. The molecule has 1 aromatic heterocycles. The molecular weight excluding hydrogens is 578 g/mol. The van der Waals surface area contributed by atoms with Gasteiger partial charge in [-0.2, -0.15) is 0 Å². The fraction of sp³-hybridized carbons (Fsp3) is 0.294. The van der Waals surface area contributed by atoms with Crippen LogP contribution in [-0.4, -0.2) is 84.2 Å². The van der Waals surface area contributed by atoms with Crippen molar-refractivity contribution in [3.05, 3.63) is 108 Å². The molecule has 1 aliphatic rings. The first-order valence-electron chi connectivity index (χ1n) is 14.6. The van der Waals surface area contributed by atoms with Crippen molar-refractivity contribution in [2.45, 2.75) is 25.8 Å². The molecule has 2 amide bonds. The first kappa shape index (κ1) is 30.9. The summed E-state index contributed by atoms with van der Waals surface area (Å²) in [7, 11) is -3.07. The van der Waals surface area contributed by atoms with E-state index in [1.165, 1.54) is 11.2 Å². The summed E-state index contributed by atoms with van der Waals surface area (Å²) < 4.78 is 30.9. The Morgan fingerprint density at radius 1 is 0.932 bits per heavy atom. The number of piperazine rings is 1. The summed E-state index contributed by atoms with van der Waals surface area (Å²) in [6.07, 6.45) is 1.15. The topological polar surface area (TPSA) is 109 Å². The molecule has 5 rings (SSSR count). The third-order valence-electron chi connectivity index (χ3n) is 7.79. The van der Waals surface area contributed by atoms with Gasteiger partial charge in [0.1, 0.15) is 15.6 Å². The van der Waals surface area contributed by atoms with Crippen molar-refractivity contribution in [2.24, 2.45) is 0 Å². The Kier molecular flexibility index (Phi) is 9.39. The van der Waals surface area contributed by atoms with Crippen LogP contribution in [0.15, 0.2) is 91.0 Å². The average molecular weight is 616 g/mol. The zero-order chi connectivity index (χ0) is 31.3. The minimum atomic E-state index is -3.07. The molecular formula is C34H37N3O6S. The second-order valence-corrected chi connectivity index (χ2v) is 13.4.